The Balaban J connectivity index is 2.20. The van der Waals surface area contributed by atoms with Crippen molar-refractivity contribution in [2.45, 2.75) is 6.92 Å². The molecule has 82 valence electrons. The van der Waals surface area contributed by atoms with E-state index in [9.17, 15) is 4.32 Å². The van der Waals surface area contributed by atoms with E-state index in [4.69, 9.17) is 5.26 Å². The monoisotopic (exact) mass is 225 g/mol. The van der Waals surface area contributed by atoms with Crippen LogP contribution in [-0.4, -0.2) is 7.26 Å². The molecule has 2 aliphatic heterocycles. The second kappa shape index (κ2) is 3.39. The first-order chi connectivity index (χ1) is 8.20. The maximum absolute atomic E-state index is 13.9. The van der Waals surface area contributed by atoms with E-state index in [1.54, 1.807) is 6.08 Å². The van der Waals surface area contributed by atoms with E-state index < -0.39 is 7.26 Å². The van der Waals surface area contributed by atoms with Gasteiger partial charge < -0.3 is 10.0 Å². The van der Waals surface area contributed by atoms with Crippen molar-refractivity contribution in [3.8, 4) is 6.07 Å². The van der Waals surface area contributed by atoms with Gasteiger partial charge in [0.2, 0.25) is 0 Å². The van der Waals surface area contributed by atoms with Crippen LogP contribution in [-0.2, 0) is 0 Å². The van der Waals surface area contributed by atoms with Crippen molar-refractivity contribution >= 4 is 19.0 Å². The summed E-state index contributed by atoms with van der Waals surface area (Å²) in [5.74, 6) is 0. The van der Waals surface area contributed by atoms with Crippen LogP contribution in [0.4, 0.5) is 10.0 Å². The molecule has 0 unspecified atom stereocenters. The minimum atomic E-state index is -1.37. The normalized spacial score (nSPS) is 16.5. The number of allylic oxidation sites excluding steroid dienone is 2. The van der Waals surface area contributed by atoms with Crippen LogP contribution in [0.3, 0.4) is 0 Å². The lowest BCUT2D eigenvalue weighted by molar-refractivity contribution is 0.799. The van der Waals surface area contributed by atoms with Crippen molar-refractivity contribution in [2.75, 3.05) is 4.81 Å². The summed E-state index contributed by atoms with van der Waals surface area (Å²) in [6.45, 7) is 2.00. The molecule has 0 aromatic heterocycles. The van der Waals surface area contributed by atoms with Crippen molar-refractivity contribution in [3.05, 3.63) is 46.8 Å². The van der Waals surface area contributed by atoms with E-state index in [1.165, 1.54) is 4.81 Å². The molecule has 1 N–H and O–H groups in total. The second-order valence-corrected chi connectivity index (χ2v) is 4.12. The topological polar surface area (TPSA) is 39.1 Å². The van der Waals surface area contributed by atoms with E-state index in [1.807, 2.05) is 37.3 Å². The van der Waals surface area contributed by atoms with Gasteiger partial charge in [-0.25, -0.2) is 0 Å². The Bertz CT molecular complexity index is 600. The first-order valence-corrected chi connectivity index (χ1v) is 5.33. The van der Waals surface area contributed by atoms with Crippen LogP contribution in [0.2, 0.25) is 0 Å². The molecule has 1 aromatic carbocycles. The first kappa shape index (κ1) is 9.97. The van der Waals surface area contributed by atoms with Gasteiger partial charge in [-0.05, 0) is 30.7 Å². The van der Waals surface area contributed by atoms with Gasteiger partial charge in [0.1, 0.15) is 11.8 Å². The van der Waals surface area contributed by atoms with Gasteiger partial charge in [-0.3, -0.25) is 4.32 Å². The zero-order valence-corrected chi connectivity index (χ0v) is 9.24. The lowest BCUT2D eigenvalue weighted by atomic mass is 9.96. The van der Waals surface area contributed by atoms with E-state index in [0.29, 0.717) is 5.70 Å². The van der Waals surface area contributed by atoms with Gasteiger partial charge in [-0.2, -0.15) is 5.26 Å². The van der Waals surface area contributed by atoms with Crippen molar-refractivity contribution < 1.29 is 4.32 Å². The van der Waals surface area contributed by atoms with E-state index in [-0.39, 0.29) is 5.70 Å². The number of nitriles is 1. The Morgan fingerprint density at radius 1 is 1.41 bits per heavy atom. The number of benzene rings is 1. The SMILES string of the molecule is Cc1ccc2c(c1)C=CC1=C(C#N)NB(F)N12. The summed E-state index contributed by atoms with van der Waals surface area (Å²) in [7, 11) is -1.37. The number of anilines is 1. The van der Waals surface area contributed by atoms with Crippen molar-refractivity contribution in [3.63, 3.8) is 0 Å². The smallest absolute Gasteiger partial charge is 0.369 e. The highest BCUT2D eigenvalue weighted by molar-refractivity contribution is 6.57. The Hall–Kier alpha value is -2.22. The predicted octanol–water partition coefficient (Wildman–Crippen LogP) is 2.12. The van der Waals surface area contributed by atoms with Crippen LogP contribution in [0, 0.1) is 18.3 Å². The van der Waals surface area contributed by atoms with Crippen LogP contribution in [0.15, 0.2) is 35.7 Å². The van der Waals surface area contributed by atoms with Crippen LogP contribution in [0.1, 0.15) is 11.1 Å². The first-order valence-electron chi connectivity index (χ1n) is 5.33. The molecule has 0 saturated heterocycles. The molecule has 1 aromatic rings. The number of rotatable bonds is 0. The predicted molar refractivity (Wildman–Crippen MR) is 65.3 cm³/mol. The summed E-state index contributed by atoms with van der Waals surface area (Å²) >= 11 is 0. The number of hydrogen-bond donors (Lipinski definition) is 1. The van der Waals surface area contributed by atoms with E-state index >= 15 is 0 Å². The number of hydrogen-bond acceptors (Lipinski definition) is 3. The van der Waals surface area contributed by atoms with E-state index in [0.717, 1.165) is 16.8 Å². The van der Waals surface area contributed by atoms with Gasteiger partial charge in [0.05, 0.1) is 5.70 Å². The maximum atomic E-state index is 13.9. The van der Waals surface area contributed by atoms with Crippen LogP contribution in [0.25, 0.3) is 6.08 Å². The number of aryl methyl sites for hydroxylation is 1. The fourth-order valence-electron chi connectivity index (χ4n) is 2.20. The number of nitrogens with one attached hydrogen (secondary N) is 1. The molecule has 0 aliphatic carbocycles. The zero-order valence-electron chi connectivity index (χ0n) is 9.24. The molecule has 3 rings (SSSR count). The van der Waals surface area contributed by atoms with E-state index in [2.05, 4.69) is 5.23 Å². The molecular weight excluding hydrogens is 216 g/mol. The van der Waals surface area contributed by atoms with Crippen molar-refractivity contribution in [2.24, 2.45) is 0 Å². The molecule has 0 bridgehead atoms. The summed E-state index contributed by atoms with van der Waals surface area (Å²) in [6.07, 6.45) is 3.68. The lowest BCUT2D eigenvalue weighted by Crippen LogP contribution is -2.39. The summed E-state index contributed by atoms with van der Waals surface area (Å²) in [6, 6.07) is 7.79. The standard InChI is InChI=1S/C12H9BFN3/c1-8-2-4-11-9(6-8)3-5-12-10(7-15)16-13(14)17(11)12/h2-6,16H,1H3. The molecule has 2 aliphatic rings. The molecule has 0 saturated carbocycles. The molecule has 0 amide bonds. The van der Waals surface area contributed by atoms with Crippen LogP contribution in [0.5, 0.6) is 0 Å². The average molecular weight is 225 g/mol. The van der Waals surface area contributed by atoms with Gasteiger partial charge in [0.15, 0.2) is 0 Å². The highest BCUT2D eigenvalue weighted by Gasteiger charge is 2.39. The highest BCUT2D eigenvalue weighted by atomic mass is 19.1. The Morgan fingerprint density at radius 2 is 2.24 bits per heavy atom. The number of fused-ring (bicyclic) bond motifs is 3. The van der Waals surface area contributed by atoms with Crippen molar-refractivity contribution in [1.82, 2.24) is 5.23 Å². The van der Waals surface area contributed by atoms with Crippen molar-refractivity contribution in [1.29, 1.82) is 5.26 Å². The maximum Gasteiger partial charge on any atom is 0.590 e. The molecular formula is C12H9BFN3. The minimum Gasteiger partial charge on any atom is -0.369 e. The minimum absolute atomic E-state index is 0.278. The highest BCUT2D eigenvalue weighted by Crippen LogP contribution is 2.35. The Labute approximate surface area is 99.0 Å². The van der Waals surface area contributed by atoms with Gasteiger partial charge in [-0.1, -0.05) is 17.7 Å². The molecule has 0 fully saturated rings. The van der Waals surface area contributed by atoms with Gasteiger partial charge in [0, 0.05) is 5.69 Å². The molecule has 2 heterocycles. The molecule has 5 heteroatoms. The quantitative estimate of drug-likeness (QED) is 0.687. The third kappa shape index (κ3) is 1.34. The molecule has 0 radical (unpaired) electrons. The fourth-order valence-corrected chi connectivity index (χ4v) is 2.20. The second-order valence-electron chi connectivity index (χ2n) is 4.12. The largest absolute Gasteiger partial charge is 0.590 e. The Morgan fingerprint density at radius 3 is 3.00 bits per heavy atom. The third-order valence-electron chi connectivity index (χ3n) is 2.98. The van der Waals surface area contributed by atoms with Gasteiger partial charge >= 0.3 is 7.26 Å². The molecule has 3 nitrogen and oxygen atoms in total. The fraction of sp³-hybridized carbons (Fsp3) is 0.0833. The molecule has 0 spiro atoms. The summed E-state index contributed by atoms with van der Waals surface area (Å²) in [5, 5.41) is 11.4. The summed E-state index contributed by atoms with van der Waals surface area (Å²) in [4.78, 5) is 1.51. The zero-order chi connectivity index (χ0) is 12.0. The molecule has 0 atom stereocenters. The van der Waals surface area contributed by atoms with Crippen LogP contribution >= 0.6 is 0 Å². The number of halogens is 1. The third-order valence-corrected chi connectivity index (χ3v) is 2.98. The summed E-state index contributed by atoms with van der Waals surface area (Å²) < 4.78 is 13.9. The molecule has 17 heavy (non-hydrogen) atoms. The van der Waals surface area contributed by atoms with Gasteiger partial charge in [-0.15, -0.1) is 0 Å². The lowest BCUT2D eigenvalue weighted by Gasteiger charge is -2.25. The summed E-state index contributed by atoms with van der Waals surface area (Å²) in [5.41, 5.74) is 3.76. The van der Waals surface area contributed by atoms with Crippen LogP contribution < -0.4 is 10.0 Å². The number of nitrogens with zero attached hydrogens (tertiary/aromatic N) is 2. The van der Waals surface area contributed by atoms with Gasteiger partial charge in [0.25, 0.3) is 0 Å². The Kier molecular flexibility index (Phi) is 1.99. The average Bonchev–Trinajstić information content (AvgIpc) is 2.66.